The molecule has 1 aliphatic carbocycles. The lowest BCUT2D eigenvalue weighted by Crippen LogP contribution is -2.28. The molecule has 0 saturated heterocycles. The molecule has 0 amide bonds. The molecule has 8 nitrogen and oxygen atoms in total. The Bertz CT molecular complexity index is 1140. The SMILES string of the molecule is O=C(O)c1ccc(C(=O)O)c2c(C(=O)O)c([C@H]3CC[C@H](C(F)(F)F)CC3)cc(C(=O)O)c12. The van der Waals surface area contributed by atoms with E-state index in [9.17, 15) is 52.8 Å². The number of hydrogen-bond donors (Lipinski definition) is 4. The summed E-state index contributed by atoms with van der Waals surface area (Å²) in [6, 6.07) is 2.70. The molecule has 0 spiro atoms. The van der Waals surface area contributed by atoms with Gasteiger partial charge >= 0.3 is 30.1 Å². The van der Waals surface area contributed by atoms with Gasteiger partial charge in [0.15, 0.2) is 0 Å². The zero-order valence-electron chi connectivity index (χ0n) is 16.3. The molecule has 0 radical (unpaired) electrons. The van der Waals surface area contributed by atoms with Gasteiger partial charge < -0.3 is 20.4 Å². The molecular weight excluding hydrogens is 437 g/mol. The second-order valence-electron chi connectivity index (χ2n) is 7.61. The van der Waals surface area contributed by atoms with E-state index in [0.29, 0.717) is 0 Å². The van der Waals surface area contributed by atoms with Gasteiger partial charge in [-0.05, 0) is 55.4 Å². The summed E-state index contributed by atoms with van der Waals surface area (Å²) in [5.41, 5.74) is -2.57. The minimum absolute atomic E-state index is 0.0873. The van der Waals surface area contributed by atoms with Crippen LogP contribution >= 0.6 is 0 Å². The molecule has 0 unspecified atom stereocenters. The zero-order valence-corrected chi connectivity index (χ0v) is 16.3. The van der Waals surface area contributed by atoms with Crippen LogP contribution in [0, 0.1) is 5.92 Å². The summed E-state index contributed by atoms with van der Waals surface area (Å²) in [4.78, 5) is 47.6. The van der Waals surface area contributed by atoms with E-state index in [0.717, 1.165) is 18.2 Å². The van der Waals surface area contributed by atoms with E-state index in [1.54, 1.807) is 0 Å². The van der Waals surface area contributed by atoms with Crippen LogP contribution in [-0.2, 0) is 0 Å². The molecule has 0 bridgehead atoms. The predicted octanol–water partition coefficient (Wildman–Crippen LogP) is 4.47. The number of carboxylic acids is 4. The maximum atomic E-state index is 13.0. The van der Waals surface area contributed by atoms with Crippen molar-refractivity contribution in [1.82, 2.24) is 0 Å². The van der Waals surface area contributed by atoms with Crippen molar-refractivity contribution >= 4 is 34.6 Å². The van der Waals surface area contributed by atoms with Gasteiger partial charge in [0.05, 0.1) is 28.2 Å². The summed E-state index contributed by atoms with van der Waals surface area (Å²) in [6.07, 6.45) is -5.18. The summed E-state index contributed by atoms with van der Waals surface area (Å²) in [5.74, 6) is -8.79. The van der Waals surface area contributed by atoms with Gasteiger partial charge in [-0.2, -0.15) is 13.2 Å². The fourth-order valence-electron chi connectivity index (χ4n) is 4.40. The maximum absolute atomic E-state index is 13.0. The maximum Gasteiger partial charge on any atom is 0.391 e. The fraction of sp³-hybridized carbons (Fsp3) is 0.333. The Morgan fingerprint density at radius 1 is 0.719 bits per heavy atom. The zero-order chi connectivity index (χ0) is 24.0. The molecule has 1 fully saturated rings. The van der Waals surface area contributed by atoms with Gasteiger partial charge in [-0.3, -0.25) is 0 Å². The van der Waals surface area contributed by atoms with Crippen molar-refractivity contribution in [2.45, 2.75) is 37.8 Å². The van der Waals surface area contributed by atoms with Gasteiger partial charge in [0.1, 0.15) is 0 Å². The van der Waals surface area contributed by atoms with Crippen molar-refractivity contribution in [3.8, 4) is 0 Å². The van der Waals surface area contributed by atoms with Crippen LogP contribution < -0.4 is 0 Å². The monoisotopic (exact) mass is 454 g/mol. The number of hydrogen-bond acceptors (Lipinski definition) is 4. The van der Waals surface area contributed by atoms with Crippen LogP contribution in [-0.4, -0.2) is 50.5 Å². The van der Waals surface area contributed by atoms with Crippen molar-refractivity contribution in [2.75, 3.05) is 0 Å². The van der Waals surface area contributed by atoms with Crippen molar-refractivity contribution < 1.29 is 52.8 Å². The molecule has 2 aromatic rings. The van der Waals surface area contributed by atoms with Gasteiger partial charge in [-0.1, -0.05) is 0 Å². The third-order valence-corrected chi connectivity index (χ3v) is 5.85. The summed E-state index contributed by atoms with van der Waals surface area (Å²) in [6.45, 7) is 0. The van der Waals surface area contributed by atoms with Gasteiger partial charge in [-0.15, -0.1) is 0 Å². The lowest BCUT2D eigenvalue weighted by Gasteiger charge is -2.31. The number of alkyl halides is 3. The first kappa shape index (κ1) is 23.0. The van der Waals surface area contributed by atoms with Gasteiger partial charge in [0.25, 0.3) is 0 Å². The molecule has 1 aliphatic rings. The van der Waals surface area contributed by atoms with E-state index >= 15 is 0 Å². The standard InChI is InChI=1S/C21H17F3O8/c22-21(23,24)9-3-1-8(2-4-9)12-7-13(19(29)30)14-10(17(25)26)5-6-11(18(27)28)15(14)16(12)20(31)32/h5-9H,1-4H2,(H,25,26)(H,27,28)(H,29,30)(H,31,32)/t8-,9-. The number of halogens is 3. The summed E-state index contributed by atoms with van der Waals surface area (Å²) >= 11 is 0. The fourth-order valence-corrected chi connectivity index (χ4v) is 4.40. The molecule has 0 aromatic heterocycles. The lowest BCUT2D eigenvalue weighted by molar-refractivity contribution is -0.182. The highest BCUT2D eigenvalue weighted by atomic mass is 19.4. The van der Waals surface area contributed by atoms with E-state index < -0.39 is 74.9 Å². The van der Waals surface area contributed by atoms with Gasteiger partial charge in [0.2, 0.25) is 0 Å². The third-order valence-electron chi connectivity index (χ3n) is 5.85. The minimum atomic E-state index is -4.41. The summed E-state index contributed by atoms with van der Waals surface area (Å²) in [5, 5.41) is 37.5. The van der Waals surface area contributed by atoms with Crippen LogP contribution in [0.15, 0.2) is 18.2 Å². The molecule has 4 N–H and O–H groups in total. The Labute approximate surface area is 177 Å². The lowest BCUT2D eigenvalue weighted by atomic mass is 9.75. The number of fused-ring (bicyclic) bond motifs is 1. The van der Waals surface area contributed by atoms with Crippen LogP contribution in [0.25, 0.3) is 10.8 Å². The molecule has 1 saturated carbocycles. The van der Waals surface area contributed by atoms with E-state index in [-0.39, 0.29) is 31.2 Å². The predicted molar refractivity (Wildman–Crippen MR) is 103 cm³/mol. The molecule has 0 atom stereocenters. The molecule has 2 aromatic carbocycles. The van der Waals surface area contributed by atoms with E-state index in [2.05, 4.69) is 0 Å². The molecule has 0 aliphatic heterocycles. The minimum Gasteiger partial charge on any atom is -0.478 e. The second-order valence-corrected chi connectivity index (χ2v) is 7.61. The van der Waals surface area contributed by atoms with E-state index in [1.165, 1.54) is 0 Å². The Morgan fingerprint density at radius 2 is 1.19 bits per heavy atom. The Balaban J connectivity index is 2.36. The largest absolute Gasteiger partial charge is 0.478 e. The van der Waals surface area contributed by atoms with Gasteiger partial charge in [0, 0.05) is 10.8 Å². The highest BCUT2D eigenvalue weighted by Crippen LogP contribution is 2.45. The first-order valence-electron chi connectivity index (χ1n) is 9.48. The molecular formula is C21H17F3O8. The van der Waals surface area contributed by atoms with Crippen molar-refractivity contribution in [2.24, 2.45) is 5.92 Å². The van der Waals surface area contributed by atoms with Crippen molar-refractivity contribution in [3.63, 3.8) is 0 Å². The number of carbonyl (C=O) groups is 4. The second kappa shape index (κ2) is 8.13. The van der Waals surface area contributed by atoms with Crippen LogP contribution in [0.2, 0.25) is 0 Å². The average molecular weight is 454 g/mol. The normalized spacial score (nSPS) is 19.0. The quantitative estimate of drug-likeness (QED) is 0.517. The molecule has 32 heavy (non-hydrogen) atoms. The molecule has 0 heterocycles. The van der Waals surface area contributed by atoms with Gasteiger partial charge in [-0.25, -0.2) is 19.2 Å². The summed E-state index contributed by atoms with van der Waals surface area (Å²) < 4.78 is 39.1. The topological polar surface area (TPSA) is 149 Å². The summed E-state index contributed by atoms with van der Waals surface area (Å²) in [7, 11) is 0. The highest BCUT2D eigenvalue weighted by molar-refractivity contribution is 6.22. The van der Waals surface area contributed by atoms with Crippen molar-refractivity contribution in [1.29, 1.82) is 0 Å². The molecule has 3 rings (SSSR count). The third kappa shape index (κ3) is 3.97. The Kier molecular flexibility index (Phi) is 5.86. The van der Waals surface area contributed by atoms with Crippen molar-refractivity contribution in [3.05, 3.63) is 46.0 Å². The number of benzene rings is 2. The van der Waals surface area contributed by atoms with E-state index in [1.807, 2.05) is 0 Å². The highest BCUT2D eigenvalue weighted by Gasteiger charge is 2.42. The molecule has 11 heteroatoms. The number of aromatic carboxylic acids is 4. The smallest absolute Gasteiger partial charge is 0.391 e. The Hall–Kier alpha value is -3.63. The first-order valence-corrected chi connectivity index (χ1v) is 9.48. The Morgan fingerprint density at radius 3 is 1.59 bits per heavy atom. The molecule has 170 valence electrons. The van der Waals surface area contributed by atoms with Crippen LogP contribution in [0.3, 0.4) is 0 Å². The van der Waals surface area contributed by atoms with Crippen LogP contribution in [0.1, 0.15) is 78.6 Å². The van der Waals surface area contributed by atoms with Crippen LogP contribution in [0.5, 0.6) is 0 Å². The average Bonchev–Trinajstić information content (AvgIpc) is 2.70. The number of carboxylic acid groups (broad SMARTS) is 4. The van der Waals surface area contributed by atoms with E-state index in [4.69, 9.17) is 0 Å². The first-order chi connectivity index (χ1) is 14.8. The number of rotatable bonds is 5. The van der Waals surface area contributed by atoms with Crippen LogP contribution in [0.4, 0.5) is 13.2 Å².